The first-order chi connectivity index (χ1) is 8.02. The molecule has 2 rings (SSSR count). The molecule has 6 nitrogen and oxygen atoms in total. The number of anilines is 1. The maximum atomic E-state index is 11.2. The Morgan fingerprint density at radius 1 is 1.47 bits per heavy atom. The zero-order valence-corrected chi connectivity index (χ0v) is 9.39. The van der Waals surface area contributed by atoms with Crippen molar-refractivity contribution in [3.05, 3.63) is 24.0 Å². The molecule has 0 saturated heterocycles. The number of aryl methyl sites for hydroxylation is 1. The lowest BCUT2D eigenvalue weighted by Gasteiger charge is -2.02. The van der Waals surface area contributed by atoms with Gasteiger partial charge in [-0.05, 0) is 12.1 Å². The van der Waals surface area contributed by atoms with E-state index in [0.717, 1.165) is 0 Å². The second kappa shape index (κ2) is 3.89. The first-order valence-corrected chi connectivity index (χ1v) is 4.96. The van der Waals surface area contributed by atoms with Gasteiger partial charge in [0.1, 0.15) is 5.65 Å². The van der Waals surface area contributed by atoms with Crippen LogP contribution < -0.4 is 5.32 Å². The van der Waals surface area contributed by atoms with Crippen LogP contribution in [0.15, 0.2) is 18.3 Å². The van der Waals surface area contributed by atoms with Crippen LogP contribution in [0.5, 0.6) is 0 Å². The fourth-order valence-electron chi connectivity index (χ4n) is 1.81. The Kier molecular flexibility index (Phi) is 2.55. The molecule has 0 spiro atoms. The van der Waals surface area contributed by atoms with E-state index in [2.05, 4.69) is 10.3 Å². The van der Waals surface area contributed by atoms with Crippen LogP contribution in [0.3, 0.4) is 0 Å². The number of carbonyl (C=O) groups excluding carboxylic acids is 1. The molecule has 6 heteroatoms. The Balaban J connectivity index is 2.80. The molecule has 2 aromatic heterocycles. The predicted octanol–water partition coefficient (Wildman–Crippen LogP) is 1.23. The van der Waals surface area contributed by atoms with Gasteiger partial charge in [0, 0.05) is 25.6 Å². The summed E-state index contributed by atoms with van der Waals surface area (Å²) in [5.74, 6) is -1.42. The van der Waals surface area contributed by atoms with Gasteiger partial charge in [-0.15, -0.1) is 0 Å². The minimum Gasteiger partial charge on any atom is -0.477 e. The van der Waals surface area contributed by atoms with E-state index in [1.807, 2.05) is 0 Å². The van der Waals surface area contributed by atoms with Crippen LogP contribution >= 0.6 is 0 Å². The van der Waals surface area contributed by atoms with Gasteiger partial charge in [0.2, 0.25) is 5.91 Å². The highest BCUT2D eigenvalue weighted by molar-refractivity contribution is 6.09. The topological polar surface area (TPSA) is 84.2 Å². The normalized spacial score (nSPS) is 10.5. The van der Waals surface area contributed by atoms with Gasteiger partial charge >= 0.3 is 5.97 Å². The van der Waals surface area contributed by atoms with E-state index in [9.17, 15) is 9.59 Å². The van der Waals surface area contributed by atoms with Crippen LogP contribution in [0.1, 0.15) is 17.4 Å². The van der Waals surface area contributed by atoms with Crippen molar-refractivity contribution < 1.29 is 14.7 Å². The van der Waals surface area contributed by atoms with E-state index < -0.39 is 5.97 Å². The number of nitrogens with zero attached hydrogens (tertiary/aromatic N) is 2. The number of nitrogens with one attached hydrogen (secondary N) is 1. The molecule has 88 valence electrons. The van der Waals surface area contributed by atoms with E-state index in [1.54, 1.807) is 25.4 Å². The third kappa shape index (κ3) is 1.73. The summed E-state index contributed by atoms with van der Waals surface area (Å²) >= 11 is 0. The van der Waals surface area contributed by atoms with E-state index in [-0.39, 0.29) is 17.3 Å². The highest BCUT2D eigenvalue weighted by atomic mass is 16.4. The number of carboxylic acids is 1. The molecular formula is C11H11N3O3. The fraction of sp³-hybridized carbons (Fsp3) is 0.182. The molecule has 0 unspecified atom stereocenters. The van der Waals surface area contributed by atoms with Gasteiger partial charge in [-0.3, -0.25) is 4.79 Å². The molecule has 0 aliphatic heterocycles. The van der Waals surface area contributed by atoms with Gasteiger partial charge in [-0.25, -0.2) is 9.78 Å². The van der Waals surface area contributed by atoms with Crippen LogP contribution in [-0.4, -0.2) is 26.5 Å². The van der Waals surface area contributed by atoms with Gasteiger partial charge in [-0.2, -0.15) is 0 Å². The molecule has 0 atom stereocenters. The molecule has 1 amide bonds. The monoisotopic (exact) mass is 233 g/mol. The highest BCUT2D eigenvalue weighted by Gasteiger charge is 2.21. The lowest BCUT2D eigenvalue weighted by molar-refractivity contribution is -0.114. The van der Waals surface area contributed by atoms with Crippen LogP contribution in [0, 0.1) is 0 Å². The van der Waals surface area contributed by atoms with Crippen LogP contribution in [0.2, 0.25) is 0 Å². The predicted molar refractivity (Wildman–Crippen MR) is 62.0 cm³/mol. The molecule has 2 heterocycles. The molecule has 2 aromatic rings. The molecule has 0 aliphatic rings. The van der Waals surface area contributed by atoms with Crippen molar-refractivity contribution in [2.75, 3.05) is 5.32 Å². The minimum atomic E-state index is -1.10. The van der Waals surface area contributed by atoms with Gasteiger partial charge < -0.3 is 15.0 Å². The van der Waals surface area contributed by atoms with Crippen molar-refractivity contribution in [2.45, 2.75) is 6.92 Å². The first kappa shape index (κ1) is 11.1. The average molecular weight is 233 g/mol. The summed E-state index contributed by atoms with van der Waals surface area (Å²) in [7, 11) is 1.60. The highest BCUT2D eigenvalue weighted by Crippen LogP contribution is 2.28. The lowest BCUT2D eigenvalue weighted by atomic mass is 10.2. The number of aromatic carboxylic acids is 1. The molecule has 0 aliphatic carbocycles. The zero-order valence-electron chi connectivity index (χ0n) is 9.39. The minimum absolute atomic E-state index is 0.0221. The van der Waals surface area contributed by atoms with E-state index in [0.29, 0.717) is 11.0 Å². The molecule has 0 fully saturated rings. The quantitative estimate of drug-likeness (QED) is 0.817. The van der Waals surface area contributed by atoms with Crippen LogP contribution in [0.25, 0.3) is 11.0 Å². The fourth-order valence-corrected chi connectivity index (χ4v) is 1.81. The summed E-state index contributed by atoms with van der Waals surface area (Å²) in [6.45, 7) is 1.33. The van der Waals surface area contributed by atoms with Crippen LogP contribution in [0.4, 0.5) is 5.69 Å². The molecule has 0 aromatic carbocycles. The largest absolute Gasteiger partial charge is 0.477 e. The Labute approximate surface area is 96.9 Å². The van der Waals surface area contributed by atoms with E-state index >= 15 is 0 Å². The van der Waals surface area contributed by atoms with Crippen molar-refractivity contribution in [2.24, 2.45) is 7.05 Å². The van der Waals surface area contributed by atoms with E-state index in [1.165, 1.54) is 11.5 Å². The third-order valence-electron chi connectivity index (χ3n) is 2.45. The summed E-state index contributed by atoms with van der Waals surface area (Å²) in [4.78, 5) is 26.4. The van der Waals surface area contributed by atoms with Gasteiger partial charge in [0.05, 0.1) is 5.69 Å². The van der Waals surface area contributed by atoms with Crippen LogP contribution in [-0.2, 0) is 11.8 Å². The van der Waals surface area contributed by atoms with Gasteiger partial charge in [0.25, 0.3) is 0 Å². The standard InChI is InChI=1S/C11H11N3O3/c1-6(15)13-8-7-4-3-5-12-10(7)14(2)9(8)11(16)17/h3-5H,1-2H3,(H,13,15)(H,16,17). The van der Waals surface area contributed by atoms with Crippen molar-refractivity contribution in [1.82, 2.24) is 9.55 Å². The molecule has 2 N–H and O–H groups in total. The van der Waals surface area contributed by atoms with Gasteiger partial charge in [-0.1, -0.05) is 0 Å². The van der Waals surface area contributed by atoms with Crippen molar-refractivity contribution in [1.29, 1.82) is 0 Å². The Morgan fingerprint density at radius 2 is 2.18 bits per heavy atom. The number of fused-ring (bicyclic) bond motifs is 1. The summed E-state index contributed by atoms with van der Waals surface area (Å²) in [6, 6.07) is 3.42. The summed E-state index contributed by atoms with van der Waals surface area (Å²) < 4.78 is 1.45. The Hall–Kier alpha value is -2.37. The molecule has 0 saturated carbocycles. The molecule has 17 heavy (non-hydrogen) atoms. The third-order valence-corrected chi connectivity index (χ3v) is 2.45. The number of rotatable bonds is 2. The van der Waals surface area contributed by atoms with Crippen molar-refractivity contribution >= 4 is 28.6 Å². The number of carbonyl (C=O) groups is 2. The number of hydrogen-bond acceptors (Lipinski definition) is 3. The Bertz CT molecular complexity index is 616. The van der Waals surface area contributed by atoms with Crippen molar-refractivity contribution in [3.63, 3.8) is 0 Å². The first-order valence-electron chi connectivity index (χ1n) is 4.96. The number of pyridine rings is 1. The second-order valence-corrected chi connectivity index (χ2v) is 3.64. The SMILES string of the molecule is CC(=O)Nc1c(C(=O)O)n(C)c2ncccc12. The summed E-state index contributed by atoms with van der Waals surface area (Å²) in [6.07, 6.45) is 1.57. The summed E-state index contributed by atoms with van der Waals surface area (Å²) in [5.41, 5.74) is 0.832. The second-order valence-electron chi connectivity index (χ2n) is 3.64. The average Bonchev–Trinajstić information content (AvgIpc) is 2.52. The summed E-state index contributed by atoms with van der Waals surface area (Å²) in [5, 5.41) is 12.3. The maximum Gasteiger partial charge on any atom is 0.354 e. The molecular weight excluding hydrogens is 222 g/mol. The zero-order chi connectivity index (χ0) is 12.6. The smallest absolute Gasteiger partial charge is 0.354 e. The number of amides is 1. The molecule has 0 radical (unpaired) electrons. The number of carboxylic acid groups (broad SMARTS) is 1. The Morgan fingerprint density at radius 3 is 2.76 bits per heavy atom. The number of aromatic nitrogens is 2. The van der Waals surface area contributed by atoms with Gasteiger partial charge in [0.15, 0.2) is 5.69 Å². The van der Waals surface area contributed by atoms with Crippen molar-refractivity contribution in [3.8, 4) is 0 Å². The maximum absolute atomic E-state index is 11.2. The van der Waals surface area contributed by atoms with E-state index in [4.69, 9.17) is 5.11 Å². The number of hydrogen-bond donors (Lipinski definition) is 2. The lowest BCUT2D eigenvalue weighted by Crippen LogP contribution is -2.12. The molecule has 0 bridgehead atoms.